The highest BCUT2D eigenvalue weighted by atomic mass is 35.5. The van der Waals surface area contributed by atoms with Crippen LogP contribution in [0.2, 0.25) is 5.15 Å². The number of halogens is 1. The Bertz CT molecular complexity index is 681. The number of nitrogens with zero attached hydrogens (tertiary/aromatic N) is 2. The maximum Gasteiger partial charge on any atom is 0.257 e. The molecule has 0 fully saturated rings. The molecule has 0 saturated heterocycles. The lowest BCUT2D eigenvalue weighted by Gasteiger charge is -2.05. The van der Waals surface area contributed by atoms with Gasteiger partial charge in [0, 0.05) is 0 Å². The molecule has 0 aliphatic heterocycles. The predicted molar refractivity (Wildman–Crippen MR) is 67.4 cm³/mol. The van der Waals surface area contributed by atoms with Gasteiger partial charge in [0.25, 0.3) is 10.0 Å². The van der Waals surface area contributed by atoms with E-state index in [0.717, 1.165) is 6.42 Å². The molecule has 2 aromatic heterocycles. The topological polar surface area (TPSA) is 86.7 Å². The van der Waals surface area contributed by atoms with Crippen LogP contribution in [0.15, 0.2) is 23.4 Å². The fourth-order valence-electron chi connectivity index (χ4n) is 1.53. The van der Waals surface area contributed by atoms with Crippen LogP contribution in [0.4, 0.5) is 0 Å². The van der Waals surface area contributed by atoms with Crippen molar-refractivity contribution < 1.29 is 13.2 Å². The summed E-state index contributed by atoms with van der Waals surface area (Å²) in [5, 5.41) is 4.72. The number of aromatic nitrogens is 2. The first-order chi connectivity index (χ1) is 8.43. The molecule has 2 N–H and O–H groups in total. The number of hydrogen-bond donors (Lipinski definition) is 1. The largest absolute Gasteiger partial charge is 0.492 e. The highest BCUT2D eigenvalue weighted by molar-refractivity contribution is 7.89. The number of sulfonamides is 1. The van der Waals surface area contributed by atoms with Crippen molar-refractivity contribution in [3.05, 3.63) is 23.5 Å². The lowest BCUT2D eigenvalue weighted by molar-refractivity contribution is 0.315. The zero-order valence-corrected chi connectivity index (χ0v) is 11.2. The lowest BCUT2D eigenvalue weighted by Crippen LogP contribution is -2.15. The summed E-state index contributed by atoms with van der Waals surface area (Å²) in [6.07, 6.45) is 2.36. The van der Waals surface area contributed by atoms with E-state index in [1.807, 2.05) is 6.92 Å². The smallest absolute Gasteiger partial charge is 0.257 e. The van der Waals surface area contributed by atoms with E-state index in [1.54, 1.807) is 12.1 Å². The Hall–Kier alpha value is -1.31. The van der Waals surface area contributed by atoms with Gasteiger partial charge in [-0.25, -0.2) is 18.5 Å². The van der Waals surface area contributed by atoms with Crippen molar-refractivity contribution in [2.24, 2.45) is 5.14 Å². The highest BCUT2D eigenvalue weighted by Crippen LogP contribution is 2.24. The minimum absolute atomic E-state index is 0.148. The summed E-state index contributed by atoms with van der Waals surface area (Å²) in [6.45, 7) is 2.51. The molecule has 18 heavy (non-hydrogen) atoms. The summed E-state index contributed by atoms with van der Waals surface area (Å²) in [5.41, 5.74) is 0.396. The Kier molecular flexibility index (Phi) is 3.47. The van der Waals surface area contributed by atoms with Crippen molar-refractivity contribution in [3.63, 3.8) is 0 Å². The molecule has 0 aliphatic rings. The summed E-state index contributed by atoms with van der Waals surface area (Å²) < 4.78 is 29.6. The molecule has 0 bridgehead atoms. The number of nitrogens with two attached hydrogens (primary N) is 1. The van der Waals surface area contributed by atoms with Crippen LogP contribution in [0.5, 0.6) is 5.75 Å². The number of fused-ring (bicyclic) bond motifs is 1. The summed E-state index contributed by atoms with van der Waals surface area (Å²) in [6, 6.07) is 3.31. The Balaban J connectivity index is 2.60. The molecular formula is C10H12ClN3O3S. The average molecular weight is 290 g/mol. The summed E-state index contributed by atoms with van der Waals surface area (Å²) >= 11 is 5.78. The van der Waals surface area contributed by atoms with E-state index in [9.17, 15) is 8.42 Å². The standard InChI is InChI=1S/C10H12ClN3O3S/c1-2-5-17-7-3-4-8-13-9(11)10(14(8)6-7)18(12,15)16/h3-4,6H,2,5H2,1H3,(H2,12,15,16). The third-order valence-corrected chi connectivity index (χ3v) is 3.55. The van der Waals surface area contributed by atoms with Crippen LogP contribution < -0.4 is 9.88 Å². The molecule has 6 nitrogen and oxygen atoms in total. The maximum atomic E-state index is 11.4. The van der Waals surface area contributed by atoms with Crippen molar-refractivity contribution in [3.8, 4) is 5.75 Å². The van der Waals surface area contributed by atoms with E-state index in [1.165, 1.54) is 10.6 Å². The first-order valence-corrected chi connectivity index (χ1v) is 7.19. The third kappa shape index (κ3) is 2.43. The summed E-state index contributed by atoms with van der Waals surface area (Å²) in [5.74, 6) is 0.531. The molecule has 0 saturated carbocycles. The molecule has 2 rings (SSSR count). The second kappa shape index (κ2) is 4.75. The van der Waals surface area contributed by atoms with Gasteiger partial charge >= 0.3 is 0 Å². The third-order valence-electron chi connectivity index (χ3n) is 2.25. The minimum Gasteiger partial charge on any atom is -0.492 e. The SMILES string of the molecule is CCCOc1ccc2nc(Cl)c(S(N)(=O)=O)n2c1. The zero-order valence-electron chi connectivity index (χ0n) is 9.63. The van der Waals surface area contributed by atoms with Gasteiger partial charge in [-0.05, 0) is 18.6 Å². The van der Waals surface area contributed by atoms with Gasteiger partial charge in [0.2, 0.25) is 0 Å². The molecule has 0 aromatic carbocycles. The van der Waals surface area contributed by atoms with Gasteiger partial charge in [-0.2, -0.15) is 0 Å². The quantitative estimate of drug-likeness (QED) is 0.922. The van der Waals surface area contributed by atoms with Crippen LogP contribution in [0.25, 0.3) is 5.65 Å². The number of rotatable bonds is 4. The van der Waals surface area contributed by atoms with Crippen molar-refractivity contribution in [1.82, 2.24) is 9.38 Å². The average Bonchev–Trinajstić information content (AvgIpc) is 2.60. The van der Waals surface area contributed by atoms with E-state index < -0.39 is 10.0 Å². The van der Waals surface area contributed by atoms with Gasteiger partial charge < -0.3 is 4.74 Å². The van der Waals surface area contributed by atoms with E-state index in [0.29, 0.717) is 18.0 Å². The van der Waals surface area contributed by atoms with Gasteiger partial charge in [0.1, 0.15) is 11.4 Å². The molecule has 0 aliphatic carbocycles. The Morgan fingerprint density at radius 1 is 1.50 bits per heavy atom. The first kappa shape index (κ1) is 13.1. The van der Waals surface area contributed by atoms with Gasteiger partial charge in [-0.3, -0.25) is 4.40 Å². The maximum absolute atomic E-state index is 11.4. The molecule has 8 heteroatoms. The van der Waals surface area contributed by atoms with E-state index >= 15 is 0 Å². The number of primary sulfonamides is 1. The summed E-state index contributed by atoms with van der Waals surface area (Å²) in [7, 11) is -3.94. The van der Waals surface area contributed by atoms with Gasteiger partial charge in [-0.15, -0.1) is 0 Å². The van der Waals surface area contributed by atoms with Crippen molar-refractivity contribution in [1.29, 1.82) is 0 Å². The van der Waals surface area contributed by atoms with Gasteiger partial charge in [-0.1, -0.05) is 18.5 Å². The van der Waals surface area contributed by atoms with E-state index in [4.69, 9.17) is 21.5 Å². The van der Waals surface area contributed by atoms with E-state index in [-0.39, 0.29) is 10.2 Å². The van der Waals surface area contributed by atoms with Crippen LogP contribution in [-0.2, 0) is 10.0 Å². The van der Waals surface area contributed by atoms with Crippen molar-refractivity contribution in [2.45, 2.75) is 18.4 Å². The van der Waals surface area contributed by atoms with Crippen LogP contribution >= 0.6 is 11.6 Å². The van der Waals surface area contributed by atoms with Crippen LogP contribution in [-0.4, -0.2) is 24.4 Å². The molecule has 0 spiro atoms. The second-order valence-corrected chi connectivity index (χ2v) is 5.53. The molecule has 0 unspecified atom stereocenters. The van der Waals surface area contributed by atoms with Crippen LogP contribution in [0, 0.1) is 0 Å². The van der Waals surface area contributed by atoms with Crippen LogP contribution in [0.1, 0.15) is 13.3 Å². The Morgan fingerprint density at radius 2 is 2.22 bits per heavy atom. The van der Waals surface area contributed by atoms with Gasteiger partial charge in [0.15, 0.2) is 10.2 Å². The highest BCUT2D eigenvalue weighted by Gasteiger charge is 2.20. The van der Waals surface area contributed by atoms with Crippen molar-refractivity contribution >= 4 is 27.3 Å². The first-order valence-electron chi connectivity index (χ1n) is 5.26. The molecule has 2 heterocycles. The fraction of sp³-hybridized carbons (Fsp3) is 0.300. The lowest BCUT2D eigenvalue weighted by atomic mass is 10.4. The summed E-state index contributed by atoms with van der Waals surface area (Å²) in [4.78, 5) is 3.91. The van der Waals surface area contributed by atoms with Crippen LogP contribution in [0.3, 0.4) is 0 Å². The molecule has 98 valence electrons. The second-order valence-electron chi connectivity index (χ2n) is 3.69. The normalized spacial score (nSPS) is 11.9. The monoisotopic (exact) mass is 289 g/mol. The number of pyridine rings is 1. The molecule has 0 radical (unpaired) electrons. The number of ether oxygens (including phenoxy) is 1. The fourth-order valence-corrected chi connectivity index (χ4v) is 2.74. The Morgan fingerprint density at radius 3 is 2.83 bits per heavy atom. The minimum atomic E-state index is -3.94. The predicted octanol–water partition coefficient (Wildman–Crippen LogP) is 1.42. The molecule has 0 amide bonds. The molecule has 0 atom stereocenters. The number of imidazole rings is 1. The van der Waals surface area contributed by atoms with E-state index in [2.05, 4.69) is 4.98 Å². The Labute approximate surface area is 109 Å². The molecule has 2 aromatic rings. The molecular weight excluding hydrogens is 278 g/mol. The van der Waals surface area contributed by atoms with Crippen molar-refractivity contribution in [2.75, 3.05) is 6.61 Å². The zero-order chi connectivity index (χ0) is 13.3. The number of hydrogen-bond acceptors (Lipinski definition) is 4. The van der Waals surface area contributed by atoms with Gasteiger partial charge in [0.05, 0.1) is 12.8 Å².